The van der Waals surface area contributed by atoms with Crippen LogP contribution in [0.4, 0.5) is 0 Å². The van der Waals surface area contributed by atoms with Crippen LogP contribution in [0.5, 0.6) is 0 Å². The minimum Gasteiger partial charge on any atom is -0.348 e. The van der Waals surface area contributed by atoms with E-state index in [1.54, 1.807) is 6.07 Å². The van der Waals surface area contributed by atoms with Crippen molar-refractivity contribution >= 4 is 29.1 Å². The van der Waals surface area contributed by atoms with Gasteiger partial charge < -0.3 is 5.32 Å². The molecule has 0 radical (unpaired) electrons. The summed E-state index contributed by atoms with van der Waals surface area (Å²) in [5.41, 5.74) is 4.44. The van der Waals surface area contributed by atoms with Crippen molar-refractivity contribution in [3.8, 4) is 0 Å². The van der Waals surface area contributed by atoms with Gasteiger partial charge in [-0.1, -0.05) is 41.4 Å². The number of amides is 1. The van der Waals surface area contributed by atoms with Crippen molar-refractivity contribution in [3.05, 3.63) is 68.7 Å². The van der Waals surface area contributed by atoms with Crippen LogP contribution in [-0.2, 0) is 13.1 Å². The minimum atomic E-state index is 0.0506. The molecule has 1 atom stereocenters. The van der Waals surface area contributed by atoms with Gasteiger partial charge in [0.2, 0.25) is 0 Å². The third-order valence-corrected chi connectivity index (χ3v) is 5.59. The van der Waals surface area contributed by atoms with E-state index in [2.05, 4.69) is 16.3 Å². The zero-order valence-corrected chi connectivity index (χ0v) is 14.7. The highest BCUT2D eigenvalue weighted by atomic mass is 35.5. The Kier molecular flexibility index (Phi) is 4.25. The summed E-state index contributed by atoms with van der Waals surface area (Å²) in [6, 6.07) is 11.8. The zero-order chi connectivity index (χ0) is 16.7. The molecule has 0 bridgehead atoms. The summed E-state index contributed by atoms with van der Waals surface area (Å²) >= 11 is 12.3. The lowest BCUT2D eigenvalue weighted by atomic mass is 9.91. The highest BCUT2D eigenvalue weighted by Crippen LogP contribution is 2.34. The summed E-state index contributed by atoms with van der Waals surface area (Å²) in [5.74, 6) is 0.522. The van der Waals surface area contributed by atoms with E-state index in [0.29, 0.717) is 17.5 Å². The maximum atomic E-state index is 11.9. The van der Waals surface area contributed by atoms with E-state index in [4.69, 9.17) is 23.2 Å². The maximum Gasteiger partial charge on any atom is 0.251 e. The van der Waals surface area contributed by atoms with E-state index in [1.165, 1.54) is 11.1 Å². The Hall–Kier alpha value is -1.55. The molecule has 2 aromatic carbocycles. The molecular weight excluding hydrogens is 343 g/mol. The SMILES string of the molecule is O=C1NCc2c1cccc2C1CCN(Cc2ccc(Cl)cc2Cl)C1. The van der Waals surface area contributed by atoms with Gasteiger partial charge in [0, 0.05) is 35.2 Å². The molecule has 2 aliphatic rings. The van der Waals surface area contributed by atoms with Crippen molar-refractivity contribution in [1.82, 2.24) is 10.2 Å². The standard InChI is InChI=1S/C19H18Cl2N2O/c20-14-5-4-13(18(21)8-14)11-23-7-6-12(10-23)15-2-1-3-16-17(15)9-22-19(16)24/h1-5,8,12H,6-7,9-11H2,(H,22,24). The molecule has 1 N–H and O–H groups in total. The Morgan fingerprint density at radius 3 is 2.92 bits per heavy atom. The number of halogens is 2. The Morgan fingerprint density at radius 2 is 2.08 bits per heavy atom. The second-order valence-electron chi connectivity index (χ2n) is 6.51. The molecule has 0 saturated carbocycles. The second kappa shape index (κ2) is 6.40. The van der Waals surface area contributed by atoms with E-state index in [-0.39, 0.29) is 5.91 Å². The normalized spacial score (nSPS) is 20.2. The van der Waals surface area contributed by atoms with E-state index in [1.807, 2.05) is 24.3 Å². The molecule has 5 heteroatoms. The largest absolute Gasteiger partial charge is 0.348 e. The molecule has 1 fully saturated rings. The predicted molar refractivity (Wildman–Crippen MR) is 96.7 cm³/mol. The number of likely N-dealkylation sites (tertiary alicyclic amines) is 1. The number of nitrogens with one attached hydrogen (secondary N) is 1. The quantitative estimate of drug-likeness (QED) is 0.888. The summed E-state index contributed by atoms with van der Waals surface area (Å²) < 4.78 is 0. The van der Waals surface area contributed by atoms with Crippen molar-refractivity contribution in [2.24, 2.45) is 0 Å². The molecule has 4 rings (SSSR count). The molecule has 1 amide bonds. The van der Waals surface area contributed by atoms with Crippen LogP contribution in [0, 0.1) is 0 Å². The predicted octanol–water partition coefficient (Wildman–Crippen LogP) is 4.23. The lowest BCUT2D eigenvalue weighted by Crippen LogP contribution is -2.20. The number of carbonyl (C=O) groups is 1. The number of carbonyl (C=O) groups excluding carboxylic acids is 1. The van der Waals surface area contributed by atoms with Gasteiger partial charge in [0.1, 0.15) is 0 Å². The molecule has 1 unspecified atom stereocenters. The maximum absolute atomic E-state index is 11.9. The first-order valence-corrected chi connectivity index (χ1v) is 8.93. The van der Waals surface area contributed by atoms with E-state index in [9.17, 15) is 4.79 Å². The average Bonchev–Trinajstić information content (AvgIpc) is 3.17. The molecule has 0 aliphatic carbocycles. The van der Waals surface area contributed by atoms with Gasteiger partial charge in [0.15, 0.2) is 0 Å². The van der Waals surface area contributed by atoms with Gasteiger partial charge in [-0.3, -0.25) is 9.69 Å². The second-order valence-corrected chi connectivity index (χ2v) is 7.36. The van der Waals surface area contributed by atoms with Crippen LogP contribution in [0.1, 0.15) is 39.4 Å². The van der Waals surface area contributed by atoms with Crippen LogP contribution in [0.15, 0.2) is 36.4 Å². The van der Waals surface area contributed by atoms with Gasteiger partial charge >= 0.3 is 0 Å². The zero-order valence-electron chi connectivity index (χ0n) is 13.2. The van der Waals surface area contributed by atoms with Crippen molar-refractivity contribution in [3.63, 3.8) is 0 Å². The summed E-state index contributed by atoms with van der Waals surface area (Å²) in [6.07, 6.45) is 1.11. The Labute approximate surface area is 151 Å². The first-order chi connectivity index (χ1) is 11.6. The topological polar surface area (TPSA) is 32.3 Å². The minimum absolute atomic E-state index is 0.0506. The van der Waals surface area contributed by atoms with Gasteiger partial charge in [-0.05, 0) is 53.8 Å². The summed E-state index contributed by atoms with van der Waals surface area (Å²) in [4.78, 5) is 14.3. The van der Waals surface area contributed by atoms with E-state index < -0.39 is 0 Å². The van der Waals surface area contributed by atoms with Crippen LogP contribution in [0.3, 0.4) is 0 Å². The third kappa shape index (κ3) is 2.92. The summed E-state index contributed by atoms with van der Waals surface area (Å²) in [5, 5.41) is 4.32. The van der Waals surface area contributed by atoms with Crippen molar-refractivity contribution in [1.29, 1.82) is 0 Å². The monoisotopic (exact) mass is 360 g/mol. The van der Waals surface area contributed by atoms with Crippen LogP contribution >= 0.6 is 23.2 Å². The molecule has 0 spiro atoms. The van der Waals surface area contributed by atoms with Crippen LogP contribution < -0.4 is 5.32 Å². The highest BCUT2D eigenvalue weighted by Gasteiger charge is 2.29. The fourth-order valence-corrected chi connectivity index (χ4v) is 4.25. The third-order valence-electron chi connectivity index (χ3n) is 5.00. The fraction of sp³-hybridized carbons (Fsp3) is 0.316. The molecule has 2 aromatic rings. The molecule has 1 saturated heterocycles. The molecule has 24 heavy (non-hydrogen) atoms. The lowest BCUT2D eigenvalue weighted by molar-refractivity contribution is 0.0966. The number of hydrogen-bond donors (Lipinski definition) is 1. The van der Waals surface area contributed by atoms with Crippen LogP contribution in [0.2, 0.25) is 10.0 Å². The van der Waals surface area contributed by atoms with Gasteiger partial charge in [0.25, 0.3) is 5.91 Å². The first-order valence-electron chi connectivity index (χ1n) is 8.18. The van der Waals surface area contributed by atoms with Crippen molar-refractivity contribution in [2.45, 2.75) is 25.4 Å². The Balaban J connectivity index is 1.50. The van der Waals surface area contributed by atoms with Gasteiger partial charge in [-0.15, -0.1) is 0 Å². The number of fused-ring (bicyclic) bond motifs is 1. The lowest BCUT2D eigenvalue weighted by Gasteiger charge is -2.18. The number of benzene rings is 2. The number of hydrogen-bond acceptors (Lipinski definition) is 2. The number of nitrogens with zero attached hydrogens (tertiary/aromatic N) is 1. The highest BCUT2D eigenvalue weighted by molar-refractivity contribution is 6.35. The van der Waals surface area contributed by atoms with Crippen molar-refractivity contribution in [2.75, 3.05) is 13.1 Å². The van der Waals surface area contributed by atoms with Crippen LogP contribution in [0.25, 0.3) is 0 Å². The van der Waals surface area contributed by atoms with E-state index in [0.717, 1.165) is 42.2 Å². The van der Waals surface area contributed by atoms with Gasteiger partial charge in [0.05, 0.1) is 0 Å². The van der Waals surface area contributed by atoms with Gasteiger partial charge in [-0.25, -0.2) is 0 Å². The fourth-order valence-electron chi connectivity index (χ4n) is 3.78. The smallest absolute Gasteiger partial charge is 0.251 e. The van der Waals surface area contributed by atoms with Gasteiger partial charge in [-0.2, -0.15) is 0 Å². The summed E-state index contributed by atoms with van der Waals surface area (Å²) in [7, 11) is 0. The first kappa shape index (κ1) is 15.9. The molecular formula is C19H18Cl2N2O. The molecule has 124 valence electrons. The molecule has 2 aliphatic heterocycles. The van der Waals surface area contributed by atoms with Crippen LogP contribution in [-0.4, -0.2) is 23.9 Å². The summed E-state index contributed by atoms with van der Waals surface area (Å²) in [6.45, 7) is 3.51. The van der Waals surface area contributed by atoms with Crippen molar-refractivity contribution < 1.29 is 4.79 Å². The molecule has 3 nitrogen and oxygen atoms in total. The van der Waals surface area contributed by atoms with E-state index >= 15 is 0 Å². The molecule has 0 aromatic heterocycles. The molecule has 2 heterocycles. The number of rotatable bonds is 3. The Bertz CT molecular complexity index is 806. The average molecular weight is 361 g/mol. The Morgan fingerprint density at radius 1 is 1.21 bits per heavy atom.